The van der Waals surface area contributed by atoms with Crippen LogP contribution in [0.5, 0.6) is 0 Å². The van der Waals surface area contributed by atoms with Gasteiger partial charge < -0.3 is 24.4 Å². The minimum atomic E-state index is -1.07. The van der Waals surface area contributed by atoms with Crippen molar-refractivity contribution in [2.24, 2.45) is 11.8 Å². The minimum Gasteiger partial charge on any atom is -0.465 e. The van der Waals surface area contributed by atoms with Crippen molar-refractivity contribution in [3.63, 3.8) is 0 Å². The van der Waals surface area contributed by atoms with Gasteiger partial charge in [0.1, 0.15) is 11.6 Å². The van der Waals surface area contributed by atoms with Crippen LogP contribution in [0, 0.1) is 25.7 Å². The number of rotatable bonds is 14. The Labute approximate surface area is 231 Å². The zero-order valence-electron chi connectivity index (χ0n) is 23.3. The Kier molecular flexibility index (Phi) is 9.28. The molecule has 1 N–H and O–H groups in total. The van der Waals surface area contributed by atoms with E-state index in [0.717, 1.165) is 29.7 Å². The lowest BCUT2D eigenvalue weighted by Gasteiger charge is -2.37. The quantitative estimate of drug-likeness (QED) is 0.220. The summed E-state index contributed by atoms with van der Waals surface area (Å²) in [7, 11) is 0. The maximum absolute atomic E-state index is 14.5. The molecule has 8 heteroatoms. The van der Waals surface area contributed by atoms with Crippen molar-refractivity contribution in [3.05, 3.63) is 54.6 Å². The van der Waals surface area contributed by atoms with Crippen molar-refractivity contribution in [3.8, 4) is 0 Å². The van der Waals surface area contributed by atoms with Gasteiger partial charge in [-0.25, -0.2) is 0 Å². The summed E-state index contributed by atoms with van der Waals surface area (Å²) in [6, 6.07) is 5.11. The molecule has 3 heterocycles. The normalized spacial score (nSPS) is 26.9. The van der Waals surface area contributed by atoms with Crippen molar-refractivity contribution >= 4 is 23.5 Å². The first kappa shape index (κ1) is 29.0. The fourth-order valence-corrected chi connectivity index (χ4v) is 6.60. The van der Waals surface area contributed by atoms with Crippen molar-refractivity contribution in [1.82, 2.24) is 4.90 Å². The smallest absolute Gasteiger partial charge is 0.312 e. The van der Waals surface area contributed by atoms with Crippen LogP contribution in [-0.2, 0) is 23.9 Å². The summed E-state index contributed by atoms with van der Waals surface area (Å²) in [6.07, 6.45) is 7.56. The fourth-order valence-electron chi connectivity index (χ4n) is 6.60. The molecule has 1 spiro atoms. The number of carbonyl (C=O) groups excluding carboxylic acids is 3. The average Bonchev–Trinajstić information content (AvgIpc) is 3.56. The third kappa shape index (κ3) is 5.41. The molecule has 2 amide bonds. The molecule has 0 saturated carbocycles. The van der Waals surface area contributed by atoms with E-state index in [4.69, 9.17) is 9.47 Å². The van der Waals surface area contributed by atoms with Crippen LogP contribution >= 0.6 is 0 Å². The number of unbranched alkanes of at least 4 members (excludes halogenated alkanes) is 3. The van der Waals surface area contributed by atoms with Gasteiger partial charge in [0.2, 0.25) is 5.91 Å². The Hall–Kier alpha value is -2.97. The average molecular weight is 539 g/mol. The summed E-state index contributed by atoms with van der Waals surface area (Å²) in [4.78, 5) is 45.2. The summed E-state index contributed by atoms with van der Waals surface area (Å²) in [5.41, 5.74) is 1.67. The molecule has 5 atom stereocenters. The second kappa shape index (κ2) is 12.5. The van der Waals surface area contributed by atoms with Crippen LogP contribution in [0.2, 0.25) is 0 Å². The van der Waals surface area contributed by atoms with Gasteiger partial charge in [-0.3, -0.25) is 14.4 Å². The molecule has 3 aliphatic rings. The molecule has 4 rings (SSSR count). The maximum atomic E-state index is 14.5. The molecular formula is C31H42N2O6. The van der Waals surface area contributed by atoms with Gasteiger partial charge in [-0.2, -0.15) is 0 Å². The standard InChI is InChI=1S/C31H42N2O6/c1-5-7-11-19-38-30(37)25-24-14-15-31(39-24)26(25)28(35)33(17-9-8-10-18-34)27(31)29(36)32(16-6-2)23-20-21(3)12-13-22(23)4/h5-6,12-13,20,24-27,34H,1-2,7-11,14-19H2,3-4H3/t24-,25+,26-,27?,31?/m0/s1. The summed E-state index contributed by atoms with van der Waals surface area (Å²) in [5.74, 6) is -2.33. The minimum absolute atomic E-state index is 0.0766. The number of carbonyl (C=O) groups is 3. The maximum Gasteiger partial charge on any atom is 0.312 e. The zero-order chi connectivity index (χ0) is 28.2. The number of nitrogens with zero attached hydrogens (tertiary/aromatic N) is 2. The summed E-state index contributed by atoms with van der Waals surface area (Å²) in [6.45, 7) is 12.5. The third-order valence-corrected chi connectivity index (χ3v) is 8.39. The first-order chi connectivity index (χ1) is 18.8. The van der Waals surface area contributed by atoms with E-state index in [2.05, 4.69) is 13.2 Å². The van der Waals surface area contributed by atoms with E-state index in [1.165, 1.54) is 0 Å². The van der Waals surface area contributed by atoms with E-state index in [-0.39, 0.29) is 31.6 Å². The van der Waals surface area contributed by atoms with E-state index >= 15 is 0 Å². The predicted molar refractivity (Wildman–Crippen MR) is 149 cm³/mol. The van der Waals surface area contributed by atoms with Crippen LogP contribution in [0.4, 0.5) is 5.69 Å². The molecule has 0 aliphatic carbocycles. The first-order valence-electron chi connectivity index (χ1n) is 14.2. The highest BCUT2D eigenvalue weighted by Gasteiger charge is 2.75. The second-order valence-electron chi connectivity index (χ2n) is 11.0. The molecule has 1 aromatic carbocycles. The van der Waals surface area contributed by atoms with Crippen molar-refractivity contribution in [2.75, 3.05) is 31.2 Å². The van der Waals surface area contributed by atoms with Gasteiger partial charge in [-0.05, 0) is 76.0 Å². The largest absolute Gasteiger partial charge is 0.465 e. The number of aliphatic hydroxyl groups is 1. The SMILES string of the molecule is C=CCCCOC(=O)[C@@H]1[C@@H]2CCC3(O2)C(C(=O)N(CC=C)c2cc(C)ccc2C)N(CCCCCO)C(=O)[C@H]13. The number of aryl methyl sites for hydroxylation is 2. The summed E-state index contributed by atoms with van der Waals surface area (Å²) in [5, 5.41) is 9.25. The molecule has 0 radical (unpaired) electrons. The van der Waals surface area contributed by atoms with Gasteiger partial charge in [0, 0.05) is 25.4 Å². The van der Waals surface area contributed by atoms with Gasteiger partial charge in [-0.1, -0.05) is 24.3 Å². The number of anilines is 1. The molecule has 8 nitrogen and oxygen atoms in total. The number of amides is 2. The van der Waals surface area contributed by atoms with Crippen LogP contribution in [0.3, 0.4) is 0 Å². The molecule has 3 aliphatic heterocycles. The molecule has 2 bridgehead atoms. The van der Waals surface area contributed by atoms with Crippen molar-refractivity contribution in [1.29, 1.82) is 0 Å². The number of hydrogen-bond acceptors (Lipinski definition) is 6. The number of allylic oxidation sites excluding steroid dienone is 1. The summed E-state index contributed by atoms with van der Waals surface area (Å²) >= 11 is 0. The molecule has 212 valence electrons. The Morgan fingerprint density at radius 2 is 2.00 bits per heavy atom. The van der Waals surface area contributed by atoms with Crippen LogP contribution in [-0.4, -0.2) is 71.8 Å². The predicted octanol–water partition coefficient (Wildman–Crippen LogP) is 3.87. The molecule has 2 unspecified atom stereocenters. The molecular weight excluding hydrogens is 496 g/mol. The van der Waals surface area contributed by atoms with Gasteiger partial charge in [0.25, 0.3) is 5.91 Å². The molecule has 1 aromatic rings. The molecule has 39 heavy (non-hydrogen) atoms. The van der Waals surface area contributed by atoms with Gasteiger partial charge in [0.05, 0.1) is 24.5 Å². The lowest BCUT2D eigenvalue weighted by molar-refractivity contribution is -0.155. The van der Waals surface area contributed by atoms with Gasteiger partial charge >= 0.3 is 5.97 Å². The van der Waals surface area contributed by atoms with Crippen LogP contribution in [0.1, 0.15) is 56.1 Å². The number of esters is 1. The molecule has 3 fully saturated rings. The van der Waals surface area contributed by atoms with E-state index in [1.807, 2.05) is 32.0 Å². The summed E-state index contributed by atoms with van der Waals surface area (Å²) < 4.78 is 12.1. The lowest BCUT2D eigenvalue weighted by Crippen LogP contribution is -2.56. The van der Waals surface area contributed by atoms with Crippen molar-refractivity contribution in [2.45, 2.75) is 76.5 Å². The first-order valence-corrected chi connectivity index (χ1v) is 14.2. The molecule has 0 aromatic heterocycles. The third-order valence-electron chi connectivity index (χ3n) is 8.39. The van der Waals surface area contributed by atoms with Crippen molar-refractivity contribution < 1.29 is 29.0 Å². The van der Waals surface area contributed by atoms with Crippen LogP contribution in [0.15, 0.2) is 43.5 Å². The topological polar surface area (TPSA) is 96.4 Å². The highest BCUT2D eigenvalue weighted by atomic mass is 16.6. The highest BCUT2D eigenvalue weighted by molar-refractivity contribution is 6.05. The monoisotopic (exact) mass is 538 g/mol. The van der Waals surface area contributed by atoms with E-state index in [0.29, 0.717) is 38.6 Å². The Bertz CT molecular complexity index is 1100. The Morgan fingerprint density at radius 3 is 2.72 bits per heavy atom. The van der Waals surface area contributed by atoms with Crippen LogP contribution in [0.25, 0.3) is 0 Å². The van der Waals surface area contributed by atoms with Crippen LogP contribution < -0.4 is 4.90 Å². The lowest BCUT2D eigenvalue weighted by atomic mass is 9.70. The Balaban J connectivity index is 1.69. The number of aliphatic hydroxyl groups excluding tert-OH is 1. The Morgan fingerprint density at radius 1 is 1.21 bits per heavy atom. The number of ether oxygens (including phenoxy) is 2. The zero-order valence-corrected chi connectivity index (χ0v) is 23.3. The second-order valence-corrected chi connectivity index (χ2v) is 11.0. The molecule has 3 saturated heterocycles. The van der Waals surface area contributed by atoms with E-state index in [9.17, 15) is 19.5 Å². The highest BCUT2D eigenvalue weighted by Crippen LogP contribution is 2.59. The fraction of sp³-hybridized carbons (Fsp3) is 0.581. The number of fused-ring (bicyclic) bond motifs is 1. The number of likely N-dealkylation sites (tertiary alicyclic amines) is 1. The number of hydrogen-bond donors (Lipinski definition) is 1. The van der Waals surface area contributed by atoms with Gasteiger partial charge in [-0.15, -0.1) is 13.2 Å². The van der Waals surface area contributed by atoms with Gasteiger partial charge in [0.15, 0.2) is 0 Å². The van der Waals surface area contributed by atoms with E-state index < -0.39 is 35.6 Å². The number of benzene rings is 1. The van der Waals surface area contributed by atoms with E-state index in [1.54, 1.807) is 22.0 Å².